The monoisotopic (exact) mass is 384 g/mol. The minimum atomic E-state index is 0.607. The predicted octanol–water partition coefficient (Wildman–Crippen LogP) is 4.46. The van der Waals surface area contributed by atoms with Gasteiger partial charge in [0.05, 0.1) is 18.6 Å². The topological polar surface area (TPSA) is 77.5 Å². The molecule has 0 saturated heterocycles. The van der Waals surface area contributed by atoms with Crippen LogP contribution in [0.1, 0.15) is 12.7 Å². The van der Waals surface area contributed by atoms with Gasteiger partial charge >= 0.3 is 0 Å². The third-order valence-corrected chi connectivity index (χ3v) is 4.94. The molecule has 5 aromatic rings. The van der Waals surface area contributed by atoms with Gasteiger partial charge in [0.25, 0.3) is 0 Å². The molecule has 4 aromatic heterocycles. The van der Waals surface area contributed by atoms with Gasteiger partial charge in [-0.3, -0.25) is 5.10 Å². The summed E-state index contributed by atoms with van der Waals surface area (Å²) in [6.07, 6.45) is 7.39. The Bertz CT molecular complexity index is 1210. The molecule has 0 radical (unpaired) electrons. The molecule has 5 rings (SSSR count). The van der Waals surface area contributed by atoms with Crippen LogP contribution in [0.15, 0.2) is 77.9 Å². The van der Waals surface area contributed by atoms with Crippen molar-refractivity contribution in [3.8, 4) is 34.2 Å². The van der Waals surface area contributed by atoms with E-state index in [0.29, 0.717) is 6.54 Å². The van der Waals surface area contributed by atoms with E-state index in [2.05, 4.69) is 43.4 Å². The molecule has 0 amide bonds. The summed E-state index contributed by atoms with van der Waals surface area (Å²) in [5, 5.41) is 6.95. The first-order chi connectivity index (χ1) is 14.3. The van der Waals surface area contributed by atoms with Gasteiger partial charge in [-0.05, 0) is 25.1 Å². The number of H-pyrrole nitrogens is 1. The second-order valence-corrected chi connectivity index (χ2v) is 6.70. The average molecular weight is 384 g/mol. The Labute approximate surface area is 167 Å². The Morgan fingerprint density at radius 3 is 2.59 bits per heavy atom. The van der Waals surface area contributed by atoms with Crippen molar-refractivity contribution in [2.24, 2.45) is 0 Å². The molecule has 0 aliphatic rings. The molecule has 0 aliphatic carbocycles. The van der Waals surface area contributed by atoms with Gasteiger partial charge in [-0.1, -0.05) is 30.3 Å². The number of furan rings is 1. The first-order valence-electron chi connectivity index (χ1n) is 9.54. The van der Waals surface area contributed by atoms with Gasteiger partial charge in [-0.15, -0.1) is 0 Å². The molecule has 1 N–H and O–H groups in total. The highest BCUT2D eigenvalue weighted by atomic mass is 16.3. The fourth-order valence-corrected chi connectivity index (χ4v) is 3.50. The standard InChI is InChI=1S/C22H20N6O/c1-2-27-13-12-23-20(27)14-28-15-24-21(16-6-4-3-5-7-16)22(28)19-9-8-18(29-19)17-10-11-25-26-17/h3-13,15H,2,14H2,1H3,(H,25,26). The van der Waals surface area contributed by atoms with Crippen molar-refractivity contribution < 1.29 is 4.42 Å². The summed E-state index contributed by atoms with van der Waals surface area (Å²) in [5.41, 5.74) is 3.68. The zero-order valence-electron chi connectivity index (χ0n) is 16.0. The average Bonchev–Trinajstić information content (AvgIpc) is 3.54. The molecule has 1 aromatic carbocycles. The molecule has 7 heteroatoms. The lowest BCUT2D eigenvalue weighted by atomic mass is 10.1. The van der Waals surface area contributed by atoms with E-state index < -0.39 is 0 Å². The molecule has 0 spiro atoms. The zero-order valence-corrected chi connectivity index (χ0v) is 16.0. The Hall–Kier alpha value is -3.87. The summed E-state index contributed by atoms with van der Waals surface area (Å²) in [7, 11) is 0. The summed E-state index contributed by atoms with van der Waals surface area (Å²) in [5.74, 6) is 2.46. The van der Waals surface area contributed by atoms with Gasteiger partial charge in [0.2, 0.25) is 0 Å². The van der Waals surface area contributed by atoms with Crippen LogP contribution < -0.4 is 0 Å². The van der Waals surface area contributed by atoms with Crippen molar-refractivity contribution in [1.29, 1.82) is 0 Å². The molecule has 0 atom stereocenters. The van der Waals surface area contributed by atoms with Gasteiger partial charge in [-0.2, -0.15) is 5.10 Å². The van der Waals surface area contributed by atoms with Crippen LogP contribution in [-0.2, 0) is 13.1 Å². The fourth-order valence-electron chi connectivity index (χ4n) is 3.50. The predicted molar refractivity (Wildman–Crippen MR) is 110 cm³/mol. The van der Waals surface area contributed by atoms with E-state index in [1.54, 1.807) is 6.20 Å². The number of nitrogens with zero attached hydrogens (tertiary/aromatic N) is 5. The first-order valence-corrected chi connectivity index (χ1v) is 9.54. The van der Waals surface area contributed by atoms with E-state index in [4.69, 9.17) is 9.40 Å². The Kier molecular flexibility index (Phi) is 4.32. The van der Waals surface area contributed by atoms with Crippen molar-refractivity contribution in [1.82, 2.24) is 29.3 Å². The van der Waals surface area contributed by atoms with E-state index in [1.165, 1.54) is 0 Å². The molecule has 4 heterocycles. The second-order valence-electron chi connectivity index (χ2n) is 6.70. The van der Waals surface area contributed by atoms with Crippen molar-refractivity contribution >= 4 is 0 Å². The Morgan fingerprint density at radius 2 is 1.79 bits per heavy atom. The van der Waals surface area contributed by atoms with Crippen LogP contribution in [-0.4, -0.2) is 29.3 Å². The van der Waals surface area contributed by atoms with Crippen LogP contribution in [0.3, 0.4) is 0 Å². The number of benzene rings is 1. The molecule has 0 saturated carbocycles. The third-order valence-electron chi connectivity index (χ3n) is 4.94. The zero-order chi connectivity index (χ0) is 19.6. The van der Waals surface area contributed by atoms with Gasteiger partial charge in [0.15, 0.2) is 11.5 Å². The lowest BCUT2D eigenvalue weighted by Crippen LogP contribution is -2.08. The van der Waals surface area contributed by atoms with Gasteiger partial charge in [-0.25, -0.2) is 9.97 Å². The van der Waals surface area contributed by atoms with E-state index in [0.717, 1.165) is 46.5 Å². The number of aromatic amines is 1. The lowest BCUT2D eigenvalue weighted by Gasteiger charge is -2.10. The van der Waals surface area contributed by atoms with Crippen molar-refractivity contribution in [2.75, 3.05) is 0 Å². The number of aromatic nitrogens is 6. The molecule has 0 unspecified atom stereocenters. The molecule has 0 fully saturated rings. The highest BCUT2D eigenvalue weighted by molar-refractivity contribution is 5.77. The summed E-state index contributed by atoms with van der Waals surface area (Å²) in [6, 6.07) is 16.0. The van der Waals surface area contributed by atoms with Gasteiger partial charge in [0.1, 0.15) is 17.2 Å². The van der Waals surface area contributed by atoms with Crippen LogP contribution in [0, 0.1) is 0 Å². The number of aryl methyl sites for hydroxylation is 1. The van der Waals surface area contributed by atoms with Crippen LogP contribution in [0.2, 0.25) is 0 Å². The second kappa shape index (κ2) is 7.27. The number of nitrogens with one attached hydrogen (secondary N) is 1. The van der Waals surface area contributed by atoms with Gasteiger partial charge in [0, 0.05) is 30.7 Å². The Morgan fingerprint density at radius 1 is 0.931 bits per heavy atom. The lowest BCUT2D eigenvalue weighted by molar-refractivity contribution is 0.582. The van der Waals surface area contributed by atoms with Crippen molar-refractivity contribution in [3.05, 3.63) is 79.3 Å². The molecular weight excluding hydrogens is 364 g/mol. The molecule has 0 bridgehead atoms. The highest BCUT2D eigenvalue weighted by Crippen LogP contribution is 2.34. The summed E-state index contributed by atoms with van der Waals surface area (Å²) >= 11 is 0. The summed E-state index contributed by atoms with van der Waals surface area (Å²) in [4.78, 5) is 9.23. The normalized spacial score (nSPS) is 11.2. The number of rotatable bonds is 6. The maximum atomic E-state index is 6.19. The number of imidazole rings is 2. The minimum absolute atomic E-state index is 0.607. The summed E-state index contributed by atoms with van der Waals surface area (Å²) < 4.78 is 10.4. The SMILES string of the molecule is CCn1ccnc1Cn1cnc(-c2ccccc2)c1-c1ccc(-c2ccn[nH]2)o1. The maximum absolute atomic E-state index is 6.19. The molecule has 7 nitrogen and oxygen atoms in total. The quantitative estimate of drug-likeness (QED) is 0.469. The first kappa shape index (κ1) is 17.2. The van der Waals surface area contributed by atoms with Crippen LogP contribution in [0.4, 0.5) is 0 Å². The molecular formula is C22H20N6O. The van der Waals surface area contributed by atoms with Crippen molar-refractivity contribution in [3.63, 3.8) is 0 Å². The van der Waals surface area contributed by atoms with Crippen LogP contribution in [0.25, 0.3) is 34.2 Å². The Balaban J connectivity index is 1.62. The van der Waals surface area contributed by atoms with E-state index in [9.17, 15) is 0 Å². The number of hydrogen-bond donors (Lipinski definition) is 1. The summed E-state index contributed by atoms with van der Waals surface area (Å²) in [6.45, 7) is 3.59. The van der Waals surface area contributed by atoms with Crippen LogP contribution in [0.5, 0.6) is 0 Å². The third kappa shape index (κ3) is 3.16. The minimum Gasteiger partial charge on any atom is -0.453 e. The van der Waals surface area contributed by atoms with Gasteiger partial charge < -0.3 is 13.6 Å². The molecule has 0 aliphatic heterocycles. The van der Waals surface area contributed by atoms with E-state index in [-0.39, 0.29) is 0 Å². The van der Waals surface area contributed by atoms with Crippen molar-refractivity contribution in [2.45, 2.75) is 20.0 Å². The highest BCUT2D eigenvalue weighted by Gasteiger charge is 2.20. The molecule has 29 heavy (non-hydrogen) atoms. The number of hydrogen-bond acceptors (Lipinski definition) is 4. The molecule has 144 valence electrons. The van der Waals surface area contributed by atoms with Crippen LogP contribution >= 0.6 is 0 Å². The smallest absolute Gasteiger partial charge is 0.153 e. The van der Waals surface area contributed by atoms with E-state index in [1.807, 2.05) is 55.1 Å². The fraction of sp³-hybridized carbons (Fsp3) is 0.136. The van der Waals surface area contributed by atoms with E-state index >= 15 is 0 Å². The maximum Gasteiger partial charge on any atom is 0.153 e. The largest absolute Gasteiger partial charge is 0.453 e.